The first-order valence-corrected chi connectivity index (χ1v) is 5.33. The molecule has 0 aromatic carbocycles. The zero-order valence-electron chi connectivity index (χ0n) is 14.6. The van der Waals surface area contributed by atoms with Gasteiger partial charge in [-0.25, -0.2) is 0 Å². The van der Waals surface area contributed by atoms with Crippen molar-refractivity contribution in [3.8, 4) is 0 Å². The second-order valence-electron chi connectivity index (χ2n) is 2.87. The molecule has 0 aliphatic rings. The number of carbonyl (C=O) groups is 10. The topological polar surface area (TPSA) is 433 Å². The summed E-state index contributed by atoms with van der Waals surface area (Å²) in [6.07, 6.45) is 0. The maximum atomic E-state index is 8.93. The molecule has 0 rings (SSSR count). The van der Waals surface area contributed by atoms with Gasteiger partial charge in [0, 0.05) is 0 Å². The van der Waals surface area contributed by atoms with Gasteiger partial charge in [0.1, 0.15) is 0 Å². The predicted molar refractivity (Wildman–Crippen MR) is 53.7 cm³/mol. The second-order valence-corrected chi connectivity index (χ2v) is 2.87. The predicted octanol–water partition coefficient (Wildman–Crippen LogP) is -18.4. The number of hydrogen-bond donors (Lipinski definition) is 0. The Morgan fingerprint density at radius 3 is 0.273 bits per heavy atom. The monoisotopic (exact) mass is 820 g/mol. The average molecular weight is 820 g/mol. The number of hydrogen-bond acceptors (Lipinski definition) is 20. The summed E-state index contributed by atoms with van der Waals surface area (Å²) in [6.45, 7) is 0. The van der Waals surface area contributed by atoms with E-state index in [1.165, 1.54) is 0 Å². The van der Waals surface area contributed by atoms with E-state index in [4.69, 9.17) is 99.0 Å². The fraction of sp³-hybridized carbons (Fsp3) is 0. The van der Waals surface area contributed by atoms with Crippen LogP contribution in [-0.4, -0.2) is 65.2 Å². The van der Waals surface area contributed by atoms with Crippen molar-refractivity contribution in [1.82, 2.24) is 0 Å². The molecule has 33 heavy (non-hydrogen) atoms. The molecule has 0 saturated carbocycles. The molecule has 0 saturated heterocycles. The molecule has 0 unspecified atom stereocenters. The number of carboxylic acid groups (broad SMARTS) is 10. The summed E-state index contributed by atoms with van der Waals surface area (Å²) in [5, 5.41) is 89.3. The van der Waals surface area contributed by atoms with E-state index in [9.17, 15) is 0 Å². The van der Waals surface area contributed by atoms with Gasteiger partial charge in [-0.1, -0.05) is 0 Å². The number of rotatable bonds is 0. The zero-order chi connectivity index (χ0) is 25.8. The zero-order valence-corrected chi connectivity index (χ0v) is 21.0. The fourth-order valence-electron chi connectivity index (χ4n) is 0. The van der Waals surface area contributed by atoms with Crippen LogP contribution in [0.2, 0.25) is 0 Å². The van der Waals surface area contributed by atoms with Gasteiger partial charge in [0.15, 0.2) is 0 Å². The molecule has 0 fully saturated rings. The smallest absolute Gasteiger partial charge is 0.543 e. The minimum absolute atomic E-state index is 0. The number of aliphatic carboxylic acids is 10. The first kappa shape index (κ1) is 51.6. The molecule has 0 aliphatic carbocycles. The van der Waals surface area contributed by atoms with E-state index in [0.717, 1.165) is 0 Å². The number of carbonyl (C=O) groups excluding carboxylic acids is 10. The maximum Gasteiger partial charge on any atom is 5.00 e. The molecule has 0 atom stereocenters. The van der Waals surface area contributed by atoms with Crippen LogP contribution in [0.25, 0.3) is 0 Å². The molecule has 0 bridgehead atoms. The summed E-state index contributed by atoms with van der Waals surface area (Å²) in [7, 11) is 0. The van der Waals surface area contributed by atoms with E-state index < -0.39 is 59.7 Å². The SMILES string of the molecule is O.O=C([O-])C(=O)[O-].O=C([O-])C(=O)[O-].O=C([O-])C(=O)[O-].O=C([O-])C(=O)[O-].O=C([O-])C(=O)[O-].[Ta+5].[Ta+5]. The third kappa shape index (κ3) is 73.8. The van der Waals surface area contributed by atoms with Crippen LogP contribution < -0.4 is 51.1 Å². The van der Waals surface area contributed by atoms with Gasteiger partial charge in [-0.05, 0) is 0 Å². The molecule has 0 amide bonds. The molecular formula is C10H2O21Ta2. The van der Waals surface area contributed by atoms with E-state index in [0.29, 0.717) is 0 Å². The van der Waals surface area contributed by atoms with E-state index in [-0.39, 0.29) is 50.2 Å². The van der Waals surface area contributed by atoms with Gasteiger partial charge in [0.2, 0.25) is 0 Å². The Morgan fingerprint density at radius 2 is 0.273 bits per heavy atom. The molecule has 2 N–H and O–H groups in total. The summed E-state index contributed by atoms with van der Waals surface area (Å²) in [5.74, 6) is -21.9. The van der Waals surface area contributed by atoms with Crippen LogP contribution in [0.1, 0.15) is 0 Å². The first-order valence-electron chi connectivity index (χ1n) is 5.33. The largest absolute Gasteiger partial charge is 5.00 e. The van der Waals surface area contributed by atoms with E-state index >= 15 is 0 Å². The van der Waals surface area contributed by atoms with Crippen LogP contribution in [0.15, 0.2) is 0 Å². The van der Waals surface area contributed by atoms with Crippen molar-refractivity contribution in [3.05, 3.63) is 0 Å². The van der Waals surface area contributed by atoms with Crippen LogP contribution in [0.5, 0.6) is 0 Å². The van der Waals surface area contributed by atoms with Gasteiger partial charge >= 0.3 is 44.8 Å². The Bertz CT molecular complexity index is 509. The Labute approximate surface area is 208 Å². The molecule has 0 radical (unpaired) electrons. The van der Waals surface area contributed by atoms with E-state index in [1.807, 2.05) is 0 Å². The van der Waals surface area contributed by atoms with Gasteiger partial charge in [-0.3, -0.25) is 0 Å². The van der Waals surface area contributed by atoms with Crippen molar-refractivity contribution in [1.29, 1.82) is 0 Å². The summed E-state index contributed by atoms with van der Waals surface area (Å²) in [5.41, 5.74) is 0. The summed E-state index contributed by atoms with van der Waals surface area (Å²) < 4.78 is 0. The second kappa shape index (κ2) is 30.3. The Hall–Kier alpha value is -3.86. The number of carboxylic acids is 10. The standard InChI is InChI=1S/5C2H2O4.H2O.2Ta/c5*3-1(4)2(5)6;;;/h5*(H,3,4)(H,5,6);1H2;;/q;;;;;;2*+5/p-10. The summed E-state index contributed by atoms with van der Waals surface area (Å²) in [4.78, 5) is 89.3. The van der Waals surface area contributed by atoms with Crippen molar-refractivity contribution in [2.75, 3.05) is 0 Å². The normalized spacial score (nSPS) is 6.67. The maximum absolute atomic E-state index is 8.93. The Morgan fingerprint density at radius 1 is 0.242 bits per heavy atom. The third-order valence-corrected chi connectivity index (χ3v) is 0.833. The first-order chi connectivity index (χ1) is 13.2. The van der Waals surface area contributed by atoms with Crippen LogP contribution in [0.3, 0.4) is 0 Å². The molecule has 21 nitrogen and oxygen atoms in total. The molecular weight excluding hydrogens is 818 g/mol. The fourth-order valence-corrected chi connectivity index (χ4v) is 0. The van der Waals surface area contributed by atoms with Crippen molar-refractivity contribution in [3.63, 3.8) is 0 Å². The van der Waals surface area contributed by atoms with Crippen LogP contribution in [0.4, 0.5) is 0 Å². The summed E-state index contributed by atoms with van der Waals surface area (Å²) >= 11 is 0. The third-order valence-electron chi connectivity index (χ3n) is 0.833. The minimum atomic E-state index is -2.19. The van der Waals surface area contributed by atoms with Crippen molar-refractivity contribution in [2.24, 2.45) is 0 Å². The van der Waals surface area contributed by atoms with Crippen molar-refractivity contribution < 1.29 is 149 Å². The molecule has 0 aromatic heterocycles. The van der Waals surface area contributed by atoms with Gasteiger partial charge in [0.25, 0.3) is 0 Å². The van der Waals surface area contributed by atoms with Crippen LogP contribution >= 0.6 is 0 Å². The van der Waals surface area contributed by atoms with E-state index in [1.54, 1.807) is 0 Å². The minimum Gasteiger partial charge on any atom is -0.543 e. The van der Waals surface area contributed by atoms with Gasteiger partial charge in [-0.2, -0.15) is 0 Å². The molecule has 0 heterocycles. The van der Waals surface area contributed by atoms with E-state index in [2.05, 4.69) is 0 Å². The molecule has 178 valence electrons. The van der Waals surface area contributed by atoms with Gasteiger partial charge < -0.3 is 104 Å². The molecule has 0 spiro atoms. The Balaban J connectivity index is -0.0000000386. The average Bonchev–Trinajstić information content (AvgIpc) is 2.56. The van der Waals surface area contributed by atoms with Crippen molar-refractivity contribution >= 4 is 59.7 Å². The van der Waals surface area contributed by atoms with Crippen LogP contribution in [-0.2, 0) is 92.7 Å². The molecule has 0 aromatic rings. The molecule has 23 heteroatoms. The van der Waals surface area contributed by atoms with Crippen LogP contribution in [0, 0.1) is 0 Å². The summed E-state index contributed by atoms with van der Waals surface area (Å²) in [6, 6.07) is 0. The quantitative estimate of drug-likeness (QED) is 0.205. The van der Waals surface area contributed by atoms with Gasteiger partial charge in [-0.15, -0.1) is 0 Å². The van der Waals surface area contributed by atoms with Crippen molar-refractivity contribution in [2.45, 2.75) is 0 Å². The molecule has 0 aliphatic heterocycles. The van der Waals surface area contributed by atoms with Gasteiger partial charge in [0.05, 0.1) is 59.7 Å². The Kier molecular flexibility index (Phi) is 47.5.